The highest BCUT2D eigenvalue weighted by Crippen LogP contribution is 2.22. The van der Waals surface area contributed by atoms with Gasteiger partial charge >= 0.3 is 0 Å². The Morgan fingerprint density at radius 3 is 1.38 bits per heavy atom. The SMILES string of the molecule is CC(=O)N1CCN(c2ccc([C@@H](C)N)cc2)CC1.CC(=O)N1CCN(c2ccc([C@@H](C)N[S@](=O)C(C)(C)C)cc2)CC1. The highest BCUT2D eigenvalue weighted by atomic mass is 32.2. The lowest BCUT2D eigenvalue weighted by Gasteiger charge is -2.35. The molecule has 9 nitrogen and oxygen atoms in total. The molecule has 2 saturated heterocycles. The highest BCUT2D eigenvalue weighted by molar-refractivity contribution is 7.84. The molecule has 2 heterocycles. The lowest BCUT2D eigenvalue weighted by atomic mass is 10.1. The maximum atomic E-state index is 12.2. The molecule has 0 radical (unpaired) electrons. The van der Waals surface area contributed by atoms with Crippen molar-refractivity contribution < 1.29 is 13.8 Å². The fraction of sp³-hybridized carbons (Fsp3) is 0.562. The molecule has 10 heteroatoms. The van der Waals surface area contributed by atoms with Gasteiger partial charge in [-0.15, -0.1) is 0 Å². The molecule has 0 spiro atoms. The van der Waals surface area contributed by atoms with E-state index >= 15 is 0 Å². The van der Waals surface area contributed by atoms with E-state index in [-0.39, 0.29) is 28.6 Å². The van der Waals surface area contributed by atoms with Crippen molar-refractivity contribution in [3.8, 4) is 0 Å². The van der Waals surface area contributed by atoms with E-state index in [0.29, 0.717) is 0 Å². The molecule has 0 saturated carbocycles. The third kappa shape index (κ3) is 9.54. The van der Waals surface area contributed by atoms with Gasteiger partial charge in [0.25, 0.3) is 0 Å². The molecular weight excluding hydrogens is 548 g/mol. The van der Waals surface area contributed by atoms with Crippen LogP contribution in [0.2, 0.25) is 0 Å². The van der Waals surface area contributed by atoms with Gasteiger partial charge < -0.3 is 25.3 Å². The van der Waals surface area contributed by atoms with Crippen LogP contribution in [0.15, 0.2) is 48.5 Å². The number of nitrogens with zero attached hydrogens (tertiary/aromatic N) is 4. The first-order valence-electron chi connectivity index (χ1n) is 14.9. The minimum absolute atomic E-state index is 0.0358. The number of hydrogen-bond donors (Lipinski definition) is 2. The smallest absolute Gasteiger partial charge is 0.219 e. The first-order valence-corrected chi connectivity index (χ1v) is 16.1. The maximum absolute atomic E-state index is 12.2. The van der Waals surface area contributed by atoms with E-state index in [1.54, 1.807) is 13.8 Å². The number of piperazine rings is 2. The average Bonchev–Trinajstić information content (AvgIpc) is 2.97. The first-order chi connectivity index (χ1) is 19.8. The van der Waals surface area contributed by atoms with Crippen molar-refractivity contribution in [2.24, 2.45) is 5.73 Å². The van der Waals surface area contributed by atoms with Gasteiger partial charge in [0.05, 0.1) is 15.7 Å². The Morgan fingerprint density at radius 2 is 1.07 bits per heavy atom. The molecule has 0 unspecified atom stereocenters. The largest absolute Gasteiger partial charge is 0.368 e. The van der Waals surface area contributed by atoms with E-state index < -0.39 is 11.0 Å². The number of nitrogens with two attached hydrogens (primary N) is 1. The van der Waals surface area contributed by atoms with E-state index in [1.807, 2.05) is 44.4 Å². The second-order valence-corrected chi connectivity index (χ2v) is 14.2. The van der Waals surface area contributed by atoms with Gasteiger partial charge in [-0.2, -0.15) is 0 Å². The third-order valence-corrected chi connectivity index (χ3v) is 9.51. The zero-order valence-corrected chi connectivity index (χ0v) is 27.2. The van der Waals surface area contributed by atoms with E-state index in [2.05, 4.69) is 63.1 Å². The summed E-state index contributed by atoms with van der Waals surface area (Å²) in [4.78, 5) is 31.0. The fourth-order valence-corrected chi connectivity index (χ4v) is 5.74. The predicted molar refractivity (Wildman–Crippen MR) is 174 cm³/mol. The molecule has 232 valence electrons. The van der Waals surface area contributed by atoms with Gasteiger partial charge in [0.2, 0.25) is 11.8 Å². The third-order valence-electron chi connectivity index (χ3n) is 7.83. The Morgan fingerprint density at radius 1 is 0.714 bits per heavy atom. The van der Waals surface area contributed by atoms with Crippen molar-refractivity contribution in [3.63, 3.8) is 0 Å². The molecule has 0 aromatic heterocycles. The molecule has 0 aliphatic carbocycles. The number of amides is 2. The van der Waals surface area contributed by atoms with Crippen molar-refractivity contribution in [3.05, 3.63) is 59.7 Å². The fourth-order valence-electron chi connectivity index (χ4n) is 4.93. The maximum Gasteiger partial charge on any atom is 0.219 e. The summed E-state index contributed by atoms with van der Waals surface area (Å²) in [5.74, 6) is 0.318. The molecular formula is C32H50N6O3S. The van der Waals surface area contributed by atoms with Crippen LogP contribution in [0.25, 0.3) is 0 Å². The van der Waals surface area contributed by atoms with Crippen molar-refractivity contribution in [2.45, 2.75) is 65.3 Å². The summed E-state index contributed by atoms with van der Waals surface area (Å²) >= 11 is 0. The molecule has 2 aliphatic rings. The summed E-state index contributed by atoms with van der Waals surface area (Å²) < 4.78 is 15.1. The Labute approximate surface area is 255 Å². The van der Waals surface area contributed by atoms with Gasteiger partial charge in [-0.25, -0.2) is 8.93 Å². The van der Waals surface area contributed by atoms with Gasteiger partial charge in [0.15, 0.2) is 0 Å². The summed E-state index contributed by atoms with van der Waals surface area (Å²) in [6.07, 6.45) is 0. The molecule has 3 atom stereocenters. The number of carbonyl (C=O) groups is 2. The standard InChI is InChI=1S/C18H29N3O2S.C14H21N3O/c1-14(19-24(23)18(3,4)5)16-6-8-17(9-7-16)21-12-10-20(11-13-21)15(2)22;1-11(15)13-3-5-14(6-4-13)17-9-7-16(8-10-17)12(2)18/h6-9,14,19H,10-13H2,1-5H3;3-6,11H,7-10,15H2,1-2H3/t14-,24-;11-/m11/s1. The van der Waals surface area contributed by atoms with Crippen LogP contribution >= 0.6 is 0 Å². The van der Waals surface area contributed by atoms with E-state index in [4.69, 9.17) is 5.73 Å². The van der Waals surface area contributed by atoms with Gasteiger partial charge in [-0.1, -0.05) is 24.3 Å². The van der Waals surface area contributed by atoms with Crippen molar-refractivity contribution >= 4 is 34.2 Å². The molecule has 2 fully saturated rings. The summed E-state index contributed by atoms with van der Waals surface area (Å²) in [6.45, 7) is 19.9. The van der Waals surface area contributed by atoms with Crippen LogP contribution in [0.3, 0.4) is 0 Å². The van der Waals surface area contributed by atoms with Crippen molar-refractivity contribution in [1.29, 1.82) is 0 Å². The van der Waals surface area contributed by atoms with E-state index in [1.165, 1.54) is 11.4 Å². The summed E-state index contributed by atoms with van der Waals surface area (Å²) in [5, 5.41) is 0. The normalized spacial score (nSPS) is 18.1. The van der Waals surface area contributed by atoms with E-state index in [0.717, 1.165) is 63.5 Å². The van der Waals surface area contributed by atoms with Crippen LogP contribution in [0.1, 0.15) is 71.7 Å². The molecule has 2 aromatic carbocycles. The van der Waals surface area contributed by atoms with Crippen LogP contribution in [0.4, 0.5) is 11.4 Å². The first kappa shape index (κ1) is 33.6. The van der Waals surface area contributed by atoms with Crippen LogP contribution < -0.4 is 20.3 Å². The van der Waals surface area contributed by atoms with Crippen LogP contribution in [-0.2, 0) is 20.6 Å². The summed E-state index contributed by atoms with van der Waals surface area (Å²) in [7, 11) is -1.08. The van der Waals surface area contributed by atoms with Gasteiger partial charge in [0, 0.05) is 89.7 Å². The zero-order valence-electron chi connectivity index (χ0n) is 26.4. The lowest BCUT2D eigenvalue weighted by Crippen LogP contribution is -2.48. The monoisotopic (exact) mass is 598 g/mol. The second kappa shape index (κ2) is 15.0. The molecule has 3 N–H and O–H groups in total. The Bertz CT molecular complexity index is 1180. The second-order valence-electron chi connectivity index (χ2n) is 12.2. The Kier molecular flexibility index (Phi) is 12.0. The molecule has 4 rings (SSSR count). The van der Waals surface area contributed by atoms with Crippen LogP contribution in [0.5, 0.6) is 0 Å². The number of carbonyl (C=O) groups excluding carboxylic acids is 2. The number of benzene rings is 2. The van der Waals surface area contributed by atoms with Gasteiger partial charge in [0.1, 0.15) is 0 Å². The Hall–Kier alpha value is -2.95. The van der Waals surface area contributed by atoms with Crippen LogP contribution in [-0.4, -0.2) is 82.9 Å². The molecule has 2 aromatic rings. The number of rotatable bonds is 6. The van der Waals surface area contributed by atoms with Gasteiger partial charge in [-0.3, -0.25) is 9.59 Å². The molecule has 42 heavy (non-hydrogen) atoms. The lowest BCUT2D eigenvalue weighted by molar-refractivity contribution is -0.129. The van der Waals surface area contributed by atoms with E-state index in [9.17, 15) is 13.8 Å². The molecule has 0 bridgehead atoms. The Balaban J connectivity index is 0.000000240. The molecule has 2 amide bonds. The predicted octanol–water partition coefficient (Wildman–Crippen LogP) is 3.84. The number of anilines is 2. The highest BCUT2D eigenvalue weighted by Gasteiger charge is 2.23. The topological polar surface area (TPSA) is 102 Å². The zero-order chi connectivity index (χ0) is 31.0. The summed E-state index contributed by atoms with van der Waals surface area (Å²) in [5.41, 5.74) is 10.5. The van der Waals surface area contributed by atoms with Crippen LogP contribution in [0, 0.1) is 0 Å². The number of nitrogens with one attached hydrogen (secondary N) is 1. The van der Waals surface area contributed by atoms with Crippen molar-refractivity contribution in [1.82, 2.24) is 14.5 Å². The minimum Gasteiger partial charge on any atom is -0.368 e. The summed E-state index contributed by atoms with van der Waals surface area (Å²) in [6, 6.07) is 16.9. The minimum atomic E-state index is -1.08. The quantitative estimate of drug-likeness (QED) is 0.524. The average molecular weight is 599 g/mol. The number of hydrogen-bond acceptors (Lipinski definition) is 6. The van der Waals surface area contributed by atoms with Crippen molar-refractivity contribution in [2.75, 3.05) is 62.2 Å². The van der Waals surface area contributed by atoms with Gasteiger partial charge in [-0.05, 0) is 70.0 Å². The molecule has 2 aliphatic heterocycles.